The van der Waals surface area contributed by atoms with Crippen molar-refractivity contribution in [1.82, 2.24) is 10.2 Å². The highest BCUT2D eigenvalue weighted by molar-refractivity contribution is 9.10. The lowest BCUT2D eigenvalue weighted by Crippen LogP contribution is -2.35. The van der Waals surface area contributed by atoms with Gasteiger partial charge >= 0.3 is 0 Å². The van der Waals surface area contributed by atoms with Crippen molar-refractivity contribution in [1.29, 1.82) is 0 Å². The van der Waals surface area contributed by atoms with Gasteiger partial charge in [0.1, 0.15) is 0 Å². The van der Waals surface area contributed by atoms with Gasteiger partial charge < -0.3 is 5.32 Å². The van der Waals surface area contributed by atoms with Crippen LogP contribution in [0.1, 0.15) is 38.8 Å². The summed E-state index contributed by atoms with van der Waals surface area (Å²) in [7, 11) is 0. The molecule has 0 radical (unpaired) electrons. The number of likely N-dealkylation sites (N-methyl/N-ethyl adjacent to an activating group) is 1. The van der Waals surface area contributed by atoms with Gasteiger partial charge in [0.2, 0.25) is 0 Å². The fourth-order valence-electron chi connectivity index (χ4n) is 1.93. The lowest BCUT2D eigenvalue weighted by molar-refractivity contribution is 0.311. The highest BCUT2D eigenvalue weighted by Gasteiger charge is 2.10. The van der Waals surface area contributed by atoms with E-state index >= 15 is 0 Å². The SMILES string of the molecule is C=CCN(CC)Cc1ccc(CNC(C)(C)C)cc1Br. The molecular formula is C17H27BrN2. The Balaban J connectivity index is 2.70. The Labute approximate surface area is 132 Å². The van der Waals surface area contributed by atoms with E-state index in [-0.39, 0.29) is 5.54 Å². The molecule has 0 aliphatic rings. The van der Waals surface area contributed by atoms with Crippen LogP contribution in [-0.4, -0.2) is 23.5 Å². The summed E-state index contributed by atoms with van der Waals surface area (Å²) in [6.45, 7) is 16.4. The largest absolute Gasteiger partial charge is 0.308 e. The molecule has 2 nitrogen and oxygen atoms in total. The van der Waals surface area contributed by atoms with Gasteiger partial charge in [0.05, 0.1) is 0 Å². The molecule has 0 bridgehead atoms. The molecule has 1 aromatic rings. The maximum atomic E-state index is 3.81. The smallest absolute Gasteiger partial charge is 0.0248 e. The number of halogens is 1. The Hall–Kier alpha value is -0.640. The zero-order valence-corrected chi connectivity index (χ0v) is 14.8. The summed E-state index contributed by atoms with van der Waals surface area (Å²) in [6.07, 6.45) is 1.96. The third-order valence-electron chi connectivity index (χ3n) is 3.17. The number of benzene rings is 1. The lowest BCUT2D eigenvalue weighted by atomic mass is 10.1. The first-order valence-corrected chi connectivity index (χ1v) is 8.00. The highest BCUT2D eigenvalue weighted by atomic mass is 79.9. The highest BCUT2D eigenvalue weighted by Crippen LogP contribution is 2.20. The second kappa shape index (κ2) is 7.96. The Morgan fingerprint density at radius 3 is 2.55 bits per heavy atom. The van der Waals surface area contributed by atoms with Gasteiger partial charge in [-0.25, -0.2) is 0 Å². The van der Waals surface area contributed by atoms with E-state index in [2.05, 4.69) is 78.6 Å². The number of rotatable bonds is 7. The molecule has 0 spiro atoms. The minimum absolute atomic E-state index is 0.147. The Morgan fingerprint density at radius 1 is 1.35 bits per heavy atom. The third-order valence-corrected chi connectivity index (χ3v) is 3.91. The first-order chi connectivity index (χ1) is 9.35. The first kappa shape index (κ1) is 17.4. The van der Waals surface area contributed by atoms with Gasteiger partial charge in [-0.15, -0.1) is 6.58 Å². The van der Waals surface area contributed by atoms with Gasteiger partial charge in [-0.2, -0.15) is 0 Å². The zero-order valence-electron chi connectivity index (χ0n) is 13.2. The molecule has 0 saturated heterocycles. The monoisotopic (exact) mass is 338 g/mol. The van der Waals surface area contributed by atoms with E-state index in [4.69, 9.17) is 0 Å². The summed E-state index contributed by atoms with van der Waals surface area (Å²) in [5.41, 5.74) is 2.78. The molecule has 0 aliphatic carbocycles. The summed E-state index contributed by atoms with van der Waals surface area (Å²) < 4.78 is 1.19. The van der Waals surface area contributed by atoms with E-state index in [1.807, 2.05) is 6.08 Å². The van der Waals surface area contributed by atoms with Crippen LogP contribution in [0.2, 0.25) is 0 Å². The summed E-state index contributed by atoms with van der Waals surface area (Å²) in [4.78, 5) is 2.36. The molecule has 3 heteroatoms. The van der Waals surface area contributed by atoms with Crippen molar-refractivity contribution in [3.05, 3.63) is 46.5 Å². The van der Waals surface area contributed by atoms with E-state index in [1.165, 1.54) is 15.6 Å². The van der Waals surface area contributed by atoms with Gasteiger partial charge in [0.15, 0.2) is 0 Å². The molecule has 1 aromatic carbocycles. The summed E-state index contributed by atoms with van der Waals surface area (Å²) in [5, 5.41) is 3.51. The topological polar surface area (TPSA) is 15.3 Å². The fraction of sp³-hybridized carbons (Fsp3) is 0.529. The molecule has 0 unspecified atom stereocenters. The van der Waals surface area contributed by atoms with E-state index in [1.54, 1.807) is 0 Å². The molecular weight excluding hydrogens is 312 g/mol. The predicted molar refractivity (Wildman–Crippen MR) is 91.9 cm³/mol. The van der Waals surface area contributed by atoms with Gasteiger partial charge in [-0.3, -0.25) is 4.90 Å². The average molecular weight is 339 g/mol. The molecule has 0 amide bonds. The fourth-order valence-corrected chi connectivity index (χ4v) is 2.48. The van der Waals surface area contributed by atoms with E-state index in [9.17, 15) is 0 Å². The summed E-state index contributed by atoms with van der Waals surface area (Å²) >= 11 is 3.70. The first-order valence-electron chi connectivity index (χ1n) is 7.21. The summed E-state index contributed by atoms with van der Waals surface area (Å²) in [5.74, 6) is 0. The van der Waals surface area contributed by atoms with Crippen LogP contribution in [-0.2, 0) is 13.1 Å². The van der Waals surface area contributed by atoms with E-state index < -0.39 is 0 Å². The molecule has 1 N–H and O–H groups in total. The van der Waals surface area contributed by atoms with Gasteiger partial charge in [-0.1, -0.05) is 41.1 Å². The van der Waals surface area contributed by atoms with Crippen LogP contribution >= 0.6 is 15.9 Å². The normalized spacial score (nSPS) is 11.9. The second-order valence-electron chi connectivity index (χ2n) is 6.15. The minimum atomic E-state index is 0.147. The van der Waals surface area contributed by atoms with Crippen LogP contribution in [0.15, 0.2) is 35.3 Å². The van der Waals surface area contributed by atoms with Crippen molar-refractivity contribution in [2.24, 2.45) is 0 Å². The van der Waals surface area contributed by atoms with Crippen LogP contribution in [0.3, 0.4) is 0 Å². The Morgan fingerprint density at radius 2 is 2.05 bits per heavy atom. The molecule has 0 aliphatic heterocycles. The van der Waals surface area contributed by atoms with Crippen molar-refractivity contribution < 1.29 is 0 Å². The van der Waals surface area contributed by atoms with Crippen LogP contribution in [0.25, 0.3) is 0 Å². The van der Waals surface area contributed by atoms with Crippen molar-refractivity contribution in [3.63, 3.8) is 0 Å². The number of nitrogens with one attached hydrogen (secondary N) is 1. The third kappa shape index (κ3) is 6.21. The van der Waals surface area contributed by atoms with Crippen molar-refractivity contribution >= 4 is 15.9 Å². The molecule has 0 atom stereocenters. The number of hydrogen-bond donors (Lipinski definition) is 1. The zero-order chi connectivity index (χ0) is 15.2. The second-order valence-corrected chi connectivity index (χ2v) is 7.00. The average Bonchev–Trinajstić information content (AvgIpc) is 2.37. The molecule has 0 heterocycles. The maximum absolute atomic E-state index is 3.81. The molecule has 0 fully saturated rings. The van der Waals surface area contributed by atoms with Gasteiger partial charge in [-0.05, 0) is 44.5 Å². The minimum Gasteiger partial charge on any atom is -0.308 e. The van der Waals surface area contributed by atoms with Crippen LogP contribution in [0.4, 0.5) is 0 Å². The molecule has 0 aromatic heterocycles. The number of hydrogen-bond acceptors (Lipinski definition) is 2. The van der Waals surface area contributed by atoms with Gasteiger partial charge in [0.25, 0.3) is 0 Å². The van der Waals surface area contributed by atoms with Crippen molar-refractivity contribution in [2.75, 3.05) is 13.1 Å². The van der Waals surface area contributed by atoms with E-state index in [0.717, 1.165) is 26.2 Å². The molecule has 0 saturated carbocycles. The molecule has 20 heavy (non-hydrogen) atoms. The number of nitrogens with zero attached hydrogens (tertiary/aromatic N) is 1. The maximum Gasteiger partial charge on any atom is 0.0248 e. The standard InChI is InChI=1S/C17H27BrN2/c1-6-10-20(7-2)13-15-9-8-14(11-16(15)18)12-19-17(3,4)5/h6,8-9,11,19H,1,7,10,12-13H2,2-5H3. The Kier molecular flexibility index (Phi) is 6.93. The summed E-state index contributed by atoms with van der Waals surface area (Å²) in [6, 6.07) is 6.64. The van der Waals surface area contributed by atoms with Crippen LogP contribution in [0, 0.1) is 0 Å². The van der Waals surface area contributed by atoms with E-state index in [0.29, 0.717) is 0 Å². The van der Waals surface area contributed by atoms with Crippen LogP contribution < -0.4 is 5.32 Å². The molecule has 112 valence electrons. The van der Waals surface area contributed by atoms with Crippen LogP contribution in [0.5, 0.6) is 0 Å². The Bertz CT molecular complexity index is 435. The van der Waals surface area contributed by atoms with Crippen molar-refractivity contribution in [3.8, 4) is 0 Å². The quantitative estimate of drug-likeness (QED) is 0.743. The van der Waals surface area contributed by atoms with Gasteiger partial charge in [0, 0.05) is 29.6 Å². The molecule has 1 rings (SSSR count). The van der Waals surface area contributed by atoms with Crippen molar-refractivity contribution in [2.45, 2.75) is 46.3 Å². The lowest BCUT2D eigenvalue weighted by Gasteiger charge is -2.22. The predicted octanol–water partition coefficient (Wildman–Crippen LogP) is 4.35.